The van der Waals surface area contributed by atoms with Crippen LogP contribution in [0, 0.1) is 0 Å². The van der Waals surface area contributed by atoms with E-state index in [2.05, 4.69) is 24.8 Å². The van der Waals surface area contributed by atoms with Crippen molar-refractivity contribution in [2.24, 2.45) is 5.73 Å². The van der Waals surface area contributed by atoms with E-state index in [1.165, 1.54) is 42.5 Å². The summed E-state index contributed by atoms with van der Waals surface area (Å²) in [5.41, 5.74) is 10.2. The molecule has 0 radical (unpaired) electrons. The van der Waals surface area contributed by atoms with Gasteiger partial charge in [-0.15, -0.1) is 0 Å². The number of primary amides is 1. The smallest absolute Gasteiger partial charge is 0.469 e. The number of ether oxygens (including phenoxy) is 1. The third-order valence-electron chi connectivity index (χ3n) is 8.29. The number of nitrogens with zero attached hydrogens (tertiary/aromatic N) is 4. The van der Waals surface area contributed by atoms with Crippen LogP contribution in [-0.2, 0) is 28.2 Å². The van der Waals surface area contributed by atoms with Gasteiger partial charge >= 0.3 is 19.8 Å². The lowest BCUT2D eigenvalue weighted by molar-refractivity contribution is -0.140. The first-order valence-electron chi connectivity index (χ1n) is 16.1. The van der Waals surface area contributed by atoms with Gasteiger partial charge in [0, 0.05) is 23.7 Å². The topological polar surface area (TPSA) is 373 Å². The number of anilines is 3. The Balaban J connectivity index is 1.51. The standard InChI is InChI=1S/C32H33N8O15P/c33-27(46)24-20(39(13-35-24)30-26(45)25(44)21(55-30)12-54-56(51,52)53)8-9-22(41)40(16-5-6-18-17(11-16)29(48)38-32(34)37-18)15-3-1-14(2-4-15)28(47)36-19(31(49)50)7-10-23(42)43/h1-6,8-9,11,13,19,21,25-26,30,44-45H,7,10,12H2,(H2,33,46)(H,36,47)(H,42,43)(H,49,50)(H2,51,52,53)(H3,34,37,38,48)/b9-8+/t19-,21+,25+,26+,30+/m0/s1. The molecule has 0 unspecified atom stereocenters. The van der Waals surface area contributed by atoms with Crippen molar-refractivity contribution in [1.29, 1.82) is 0 Å². The quantitative estimate of drug-likeness (QED) is 0.0506. The molecule has 2 aromatic heterocycles. The average Bonchev–Trinajstić information content (AvgIpc) is 3.67. The highest BCUT2D eigenvalue weighted by molar-refractivity contribution is 7.46. The molecule has 2 aromatic carbocycles. The average molecular weight is 801 g/mol. The minimum Gasteiger partial charge on any atom is -0.481 e. The van der Waals surface area contributed by atoms with Gasteiger partial charge in [-0.3, -0.25) is 38.4 Å². The van der Waals surface area contributed by atoms with Crippen LogP contribution in [0.3, 0.4) is 0 Å². The van der Waals surface area contributed by atoms with Crippen LogP contribution in [0.25, 0.3) is 17.0 Å². The van der Waals surface area contributed by atoms with Gasteiger partial charge in [-0.2, -0.15) is 0 Å². The summed E-state index contributed by atoms with van der Waals surface area (Å²) in [5.74, 6) is -5.68. The van der Waals surface area contributed by atoms with Crippen LogP contribution >= 0.6 is 7.82 Å². The molecule has 23 nitrogen and oxygen atoms in total. The Morgan fingerprint density at radius 3 is 2.38 bits per heavy atom. The number of carbonyl (C=O) groups is 5. The van der Waals surface area contributed by atoms with E-state index < -0.39 is 92.3 Å². The number of rotatable bonds is 15. The number of fused-ring (bicyclic) bond motifs is 1. The minimum atomic E-state index is -4.99. The van der Waals surface area contributed by atoms with Crippen molar-refractivity contribution < 1.29 is 68.0 Å². The molecule has 5 rings (SSSR count). The number of phosphoric acid groups is 1. The van der Waals surface area contributed by atoms with Crippen molar-refractivity contribution in [2.45, 2.75) is 43.4 Å². The van der Waals surface area contributed by atoms with E-state index in [1.807, 2.05) is 0 Å². The lowest BCUT2D eigenvalue weighted by Crippen LogP contribution is -2.41. The Kier molecular flexibility index (Phi) is 12.1. The number of amides is 3. The Bertz CT molecular complexity index is 2320. The van der Waals surface area contributed by atoms with Gasteiger partial charge in [-0.05, 0) is 55.0 Å². The second kappa shape index (κ2) is 16.6. The third kappa shape index (κ3) is 9.30. The number of H-pyrrole nitrogens is 1. The largest absolute Gasteiger partial charge is 0.481 e. The Hall–Kier alpha value is -6.33. The molecular weight excluding hydrogens is 767 g/mol. The number of aliphatic hydroxyl groups is 2. The first kappa shape index (κ1) is 40.8. The first-order chi connectivity index (χ1) is 26.3. The number of nitrogens with two attached hydrogens (primary N) is 2. The summed E-state index contributed by atoms with van der Waals surface area (Å²) < 4.78 is 22.2. The normalized spacial score (nSPS) is 18.9. The fourth-order valence-corrected chi connectivity index (χ4v) is 5.98. The van der Waals surface area contributed by atoms with E-state index in [0.717, 1.165) is 27.9 Å². The second-order valence-corrected chi connectivity index (χ2v) is 13.3. The number of aromatic nitrogens is 4. The second-order valence-electron chi connectivity index (χ2n) is 12.1. The number of carboxylic acid groups (broad SMARTS) is 2. The lowest BCUT2D eigenvalue weighted by atomic mass is 10.1. The van der Waals surface area contributed by atoms with Crippen LogP contribution < -0.4 is 27.2 Å². The minimum absolute atomic E-state index is 0.0212. The Labute approximate surface area is 313 Å². The zero-order valence-electron chi connectivity index (χ0n) is 28.5. The molecule has 1 fully saturated rings. The maximum atomic E-state index is 14.1. The predicted octanol–water partition coefficient (Wildman–Crippen LogP) is -1.04. The number of nitrogens with one attached hydrogen (secondary N) is 2. The third-order valence-corrected chi connectivity index (χ3v) is 8.78. The maximum absolute atomic E-state index is 14.1. The molecule has 1 aliphatic heterocycles. The molecule has 0 saturated carbocycles. The van der Waals surface area contributed by atoms with Crippen LogP contribution in [-0.4, -0.2) is 110 Å². The first-order valence-corrected chi connectivity index (χ1v) is 17.6. The van der Waals surface area contributed by atoms with Crippen LogP contribution in [0.5, 0.6) is 0 Å². The lowest BCUT2D eigenvalue weighted by Gasteiger charge is -2.23. The van der Waals surface area contributed by atoms with E-state index in [9.17, 15) is 48.7 Å². The summed E-state index contributed by atoms with van der Waals surface area (Å²) in [4.78, 5) is 104. The van der Waals surface area contributed by atoms with Gasteiger partial charge in [0.15, 0.2) is 11.9 Å². The van der Waals surface area contributed by atoms with Crippen molar-refractivity contribution in [1.82, 2.24) is 24.8 Å². The zero-order chi connectivity index (χ0) is 41.1. The number of nitrogen functional groups attached to an aromatic ring is 1. The van der Waals surface area contributed by atoms with E-state index in [0.29, 0.717) is 0 Å². The molecule has 296 valence electrons. The van der Waals surface area contributed by atoms with Gasteiger partial charge in [0.25, 0.3) is 23.3 Å². The fourth-order valence-electron chi connectivity index (χ4n) is 5.64. The molecule has 0 spiro atoms. The zero-order valence-corrected chi connectivity index (χ0v) is 29.4. The molecule has 0 aliphatic carbocycles. The Morgan fingerprint density at radius 2 is 1.75 bits per heavy atom. The van der Waals surface area contributed by atoms with Crippen LogP contribution in [0.4, 0.5) is 17.3 Å². The highest BCUT2D eigenvalue weighted by atomic mass is 31.2. The Morgan fingerprint density at radius 1 is 1.07 bits per heavy atom. The number of carbonyl (C=O) groups excluding carboxylic acids is 3. The van der Waals surface area contributed by atoms with Gasteiger partial charge in [-0.25, -0.2) is 19.3 Å². The van der Waals surface area contributed by atoms with Crippen LogP contribution in [0.1, 0.15) is 45.6 Å². The SMILES string of the molecule is NC(=O)c1ncn([C@@H]2O[C@H](COP(=O)(O)O)[C@@H](O)[C@H]2O)c1/C=C/C(=O)N(c1ccc(C(=O)N[C@@H](CCC(=O)O)C(=O)O)cc1)c1ccc2nc(N)[nH]c(=O)c2c1. The maximum Gasteiger partial charge on any atom is 0.469 e. The van der Waals surface area contributed by atoms with E-state index >= 15 is 0 Å². The van der Waals surface area contributed by atoms with Crippen molar-refractivity contribution >= 4 is 71.8 Å². The number of aromatic amines is 1. The van der Waals surface area contributed by atoms with E-state index in [4.69, 9.17) is 31.1 Å². The van der Waals surface area contributed by atoms with Crippen molar-refractivity contribution in [3.8, 4) is 0 Å². The molecule has 12 N–H and O–H groups in total. The summed E-state index contributed by atoms with van der Waals surface area (Å²) in [6.45, 7) is -0.836. The summed E-state index contributed by atoms with van der Waals surface area (Å²) in [5, 5.41) is 41.9. The van der Waals surface area contributed by atoms with Crippen molar-refractivity contribution in [3.05, 3.63) is 82.2 Å². The number of benzene rings is 2. The van der Waals surface area contributed by atoms with Gasteiger partial charge in [0.2, 0.25) is 5.95 Å². The molecule has 3 amide bonds. The van der Waals surface area contributed by atoms with E-state index in [1.54, 1.807) is 0 Å². The molecule has 0 bridgehead atoms. The molecule has 3 heterocycles. The monoisotopic (exact) mass is 800 g/mol. The van der Waals surface area contributed by atoms with Gasteiger partial charge in [-0.1, -0.05) is 0 Å². The van der Waals surface area contributed by atoms with Gasteiger partial charge in [0.05, 0.1) is 35.2 Å². The number of hydrogen-bond donors (Lipinski definition) is 10. The molecule has 1 saturated heterocycles. The highest BCUT2D eigenvalue weighted by Gasteiger charge is 2.45. The van der Waals surface area contributed by atoms with Crippen molar-refractivity contribution in [2.75, 3.05) is 17.2 Å². The number of carboxylic acids is 2. The number of aliphatic hydroxyl groups excluding tert-OH is 2. The highest BCUT2D eigenvalue weighted by Crippen LogP contribution is 2.39. The molecule has 4 aromatic rings. The molecule has 56 heavy (non-hydrogen) atoms. The van der Waals surface area contributed by atoms with Crippen LogP contribution in [0.15, 0.2) is 59.7 Å². The van der Waals surface area contributed by atoms with Crippen molar-refractivity contribution in [3.63, 3.8) is 0 Å². The molecule has 24 heteroatoms. The fraction of sp³-hybridized carbons (Fsp3) is 0.250. The summed E-state index contributed by atoms with van der Waals surface area (Å²) in [6, 6.07) is 7.74. The number of phosphoric ester groups is 1. The predicted molar refractivity (Wildman–Crippen MR) is 190 cm³/mol. The number of hydrogen-bond acceptors (Lipinski definition) is 14. The molecule has 1 aliphatic rings. The molecular formula is C32H33N8O15P. The van der Waals surface area contributed by atoms with Crippen LogP contribution in [0.2, 0.25) is 0 Å². The molecule has 5 atom stereocenters. The van der Waals surface area contributed by atoms with Gasteiger partial charge < -0.3 is 56.3 Å². The summed E-state index contributed by atoms with van der Waals surface area (Å²) in [6.07, 6.45) is -4.36. The summed E-state index contributed by atoms with van der Waals surface area (Å²) in [7, 11) is -4.99. The number of aliphatic carboxylic acids is 2. The van der Waals surface area contributed by atoms with E-state index in [-0.39, 0.29) is 45.9 Å². The number of imidazole rings is 1. The van der Waals surface area contributed by atoms with Gasteiger partial charge in [0.1, 0.15) is 24.4 Å². The summed E-state index contributed by atoms with van der Waals surface area (Å²) >= 11 is 0.